The first-order valence-corrected chi connectivity index (χ1v) is 7.93. The van der Waals surface area contributed by atoms with E-state index in [4.69, 9.17) is 5.73 Å². The van der Waals surface area contributed by atoms with Crippen LogP contribution in [0.15, 0.2) is 58.7 Å². The molecular weight excluding hydrogens is 270 g/mol. The van der Waals surface area contributed by atoms with Gasteiger partial charge in [-0.1, -0.05) is 55.4 Å². The third-order valence-electron chi connectivity index (χ3n) is 4.14. The van der Waals surface area contributed by atoms with Crippen LogP contribution in [-0.4, -0.2) is 5.91 Å². The van der Waals surface area contributed by atoms with E-state index >= 15 is 0 Å². The van der Waals surface area contributed by atoms with E-state index in [1.807, 2.05) is 25.2 Å². The molecule has 0 unspecified atom stereocenters. The fraction of sp³-hybridized carbons (Fsp3) is 0.450. The van der Waals surface area contributed by atoms with E-state index in [1.54, 1.807) is 0 Å². The van der Waals surface area contributed by atoms with Crippen molar-refractivity contribution in [1.29, 1.82) is 0 Å². The molecule has 1 aliphatic carbocycles. The zero-order valence-electron chi connectivity index (χ0n) is 14.6. The lowest BCUT2D eigenvalue weighted by atomic mass is 9.72. The first kappa shape index (κ1) is 18.2. The van der Waals surface area contributed by atoms with E-state index in [-0.39, 0.29) is 5.41 Å². The predicted molar refractivity (Wildman–Crippen MR) is 95.3 cm³/mol. The van der Waals surface area contributed by atoms with Gasteiger partial charge >= 0.3 is 0 Å². The first-order valence-electron chi connectivity index (χ1n) is 7.93. The highest BCUT2D eigenvalue weighted by molar-refractivity contribution is 5.86. The highest BCUT2D eigenvalue weighted by Gasteiger charge is 2.26. The number of rotatable bonds is 5. The maximum atomic E-state index is 10.8. The van der Waals surface area contributed by atoms with E-state index in [0.717, 1.165) is 5.57 Å². The molecule has 0 fully saturated rings. The molecule has 0 atom stereocenters. The summed E-state index contributed by atoms with van der Waals surface area (Å²) >= 11 is 0. The molecule has 2 N–H and O–H groups in total. The van der Waals surface area contributed by atoms with Gasteiger partial charge in [0, 0.05) is 6.08 Å². The molecule has 22 heavy (non-hydrogen) atoms. The summed E-state index contributed by atoms with van der Waals surface area (Å²) in [5.41, 5.74) is 10.4. The lowest BCUT2D eigenvalue weighted by molar-refractivity contribution is -0.113. The third kappa shape index (κ3) is 5.88. The Labute approximate surface area is 135 Å². The second kappa shape index (κ2) is 7.98. The average Bonchev–Trinajstić information content (AvgIpc) is 2.36. The summed E-state index contributed by atoms with van der Waals surface area (Å²) in [5, 5.41) is 0. The molecule has 2 nitrogen and oxygen atoms in total. The van der Waals surface area contributed by atoms with Crippen molar-refractivity contribution < 1.29 is 4.79 Å². The number of carbonyl (C=O) groups excluding carboxylic acids is 1. The molecular formula is C20H29NO. The minimum atomic E-state index is -0.412. The Morgan fingerprint density at radius 2 is 1.86 bits per heavy atom. The van der Waals surface area contributed by atoms with Crippen molar-refractivity contribution in [2.24, 2.45) is 11.1 Å². The Morgan fingerprint density at radius 3 is 2.45 bits per heavy atom. The van der Waals surface area contributed by atoms with Gasteiger partial charge < -0.3 is 5.73 Å². The average molecular weight is 299 g/mol. The van der Waals surface area contributed by atoms with Crippen molar-refractivity contribution in [3.05, 3.63) is 58.7 Å². The second-order valence-electron chi connectivity index (χ2n) is 6.83. The van der Waals surface area contributed by atoms with E-state index < -0.39 is 5.91 Å². The van der Waals surface area contributed by atoms with Crippen molar-refractivity contribution in [3.63, 3.8) is 0 Å². The lowest BCUT2D eigenvalue weighted by Gasteiger charge is -2.32. The maximum Gasteiger partial charge on any atom is 0.241 e. The molecule has 0 radical (unpaired) electrons. The van der Waals surface area contributed by atoms with Crippen LogP contribution in [0.1, 0.15) is 53.9 Å². The smallest absolute Gasteiger partial charge is 0.241 e. The van der Waals surface area contributed by atoms with Crippen LogP contribution in [0.3, 0.4) is 0 Å². The van der Waals surface area contributed by atoms with E-state index in [0.29, 0.717) is 0 Å². The molecule has 0 aromatic carbocycles. The molecule has 1 amide bonds. The number of carbonyl (C=O) groups is 1. The summed E-state index contributed by atoms with van der Waals surface area (Å²) in [7, 11) is 0. The SMILES string of the molecule is CC1=C(\C=C/C(C)=C\C=C/C(C)=C\C(N)=O)C(C)(C)CCC1. The Bertz CT molecular complexity index is 569. The van der Waals surface area contributed by atoms with Crippen LogP contribution >= 0.6 is 0 Å². The Kier molecular flexibility index (Phi) is 6.61. The van der Waals surface area contributed by atoms with Gasteiger partial charge in [0.05, 0.1) is 0 Å². The number of amides is 1. The normalized spacial score (nSPS) is 20.2. The van der Waals surface area contributed by atoms with Gasteiger partial charge in [0.15, 0.2) is 0 Å². The quantitative estimate of drug-likeness (QED) is 0.563. The topological polar surface area (TPSA) is 43.1 Å². The highest BCUT2D eigenvalue weighted by atomic mass is 16.1. The number of nitrogens with two attached hydrogens (primary N) is 1. The zero-order chi connectivity index (χ0) is 16.8. The molecule has 1 aliphatic rings. The molecule has 0 bridgehead atoms. The summed E-state index contributed by atoms with van der Waals surface area (Å²) < 4.78 is 0. The minimum Gasteiger partial charge on any atom is -0.366 e. The van der Waals surface area contributed by atoms with Gasteiger partial charge in [0.2, 0.25) is 5.91 Å². The van der Waals surface area contributed by atoms with Gasteiger partial charge in [-0.25, -0.2) is 0 Å². The first-order chi connectivity index (χ1) is 10.2. The van der Waals surface area contributed by atoms with Crippen LogP contribution in [0.4, 0.5) is 0 Å². The Morgan fingerprint density at radius 1 is 1.18 bits per heavy atom. The predicted octanol–water partition coefficient (Wildman–Crippen LogP) is 5.00. The Hall–Kier alpha value is -1.83. The molecule has 2 heteroatoms. The van der Waals surface area contributed by atoms with Gasteiger partial charge in [-0.2, -0.15) is 0 Å². The lowest BCUT2D eigenvalue weighted by Crippen LogP contribution is -2.19. The van der Waals surface area contributed by atoms with E-state index in [1.165, 1.54) is 42.1 Å². The van der Waals surface area contributed by atoms with Crippen molar-refractivity contribution in [2.75, 3.05) is 0 Å². The number of hydrogen-bond donors (Lipinski definition) is 1. The fourth-order valence-electron chi connectivity index (χ4n) is 2.90. The third-order valence-corrected chi connectivity index (χ3v) is 4.14. The van der Waals surface area contributed by atoms with Gasteiger partial charge in [-0.15, -0.1) is 0 Å². The summed E-state index contributed by atoms with van der Waals surface area (Å²) in [6.07, 6.45) is 15.5. The van der Waals surface area contributed by atoms with Crippen LogP contribution in [0.2, 0.25) is 0 Å². The van der Waals surface area contributed by atoms with Crippen molar-refractivity contribution >= 4 is 5.91 Å². The largest absolute Gasteiger partial charge is 0.366 e. The molecule has 0 aromatic rings. The van der Waals surface area contributed by atoms with Crippen LogP contribution < -0.4 is 5.73 Å². The van der Waals surface area contributed by atoms with Crippen molar-refractivity contribution in [3.8, 4) is 0 Å². The standard InChI is InChI=1S/C20H29NO/c1-15(8-6-9-16(2)14-19(21)22)11-12-18-17(3)10-7-13-20(18,4)5/h6,8-9,11-12,14H,7,10,13H2,1-5H3,(H2,21,22)/b9-6-,12-11-,15-8-,16-14-. The maximum absolute atomic E-state index is 10.8. The monoisotopic (exact) mass is 299 g/mol. The number of hydrogen-bond acceptors (Lipinski definition) is 1. The van der Waals surface area contributed by atoms with E-state index in [9.17, 15) is 4.79 Å². The van der Waals surface area contributed by atoms with Gasteiger partial charge in [-0.05, 0) is 56.6 Å². The van der Waals surface area contributed by atoms with Crippen molar-refractivity contribution in [1.82, 2.24) is 0 Å². The molecule has 0 aromatic heterocycles. The molecule has 0 heterocycles. The van der Waals surface area contributed by atoms with Gasteiger partial charge in [0.25, 0.3) is 0 Å². The summed E-state index contributed by atoms with van der Waals surface area (Å²) in [4.78, 5) is 10.8. The number of primary amides is 1. The molecule has 0 saturated heterocycles. The van der Waals surface area contributed by atoms with Gasteiger partial charge in [-0.3, -0.25) is 4.79 Å². The van der Waals surface area contributed by atoms with E-state index in [2.05, 4.69) is 39.8 Å². The zero-order valence-corrected chi connectivity index (χ0v) is 14.6. The van der Waals surface area contributed by atoms with Crippen LogP contribution in [0.5, 0.6) is 0 Å². The highest BCUT2D eigenvalue weighted by Crippen LogP contribution is 2.40. The molecule has 1 rings (SSSR count). The summed E-state index contributed by atoms with van der Waals surface area (Å²) in [6.45, 7) is 10.8. The van der Waals surface area contributed by atoms with Gasteiger partial charge in [0.1, 0.15) is 0 Å². The molecule has 0 saturated carbocycles. The van der Waals surface area contributed by atoms with Crippen LogP contribution in [-0.2, 0) is 4.79 Å². The summed E-state index contributed by atoms with van der Waals surface area (Å²) in [5.74, 6) is -0.412. The second-order valence-corrected chi connectivity index (χ2v) is 6.83. The summed E-state index contributed by atoms with van der Waals surface area (Å²) in [6, 6.07) is 0. The van der Waals surface area contributed by atoms with Crippen LogP contribution in [0.25, 0.3) is 0 Å². The minimum absolute atomic E-state index is 0.274. The van der Waals surface area contributed by atoms with Crippen molar-refractivity contribution in [2.45, 2.75) is 53.9 Å². The molecule has 0 aliphatic heterocycles. The molecule has 120 valence electrons. The Balaban J connectivity index is 2.79. The molecule has 0 spiro atoms. The van der Waals surface area contributed by atoms with Crippen LogP contribution in [0, 0.1) is 5.41 Å². The fourth-order valence-corrected chi connectivity index (χ4v) is 2.90. The number of allylic oxidation sites excluding steroid dienone is 9.